The Balaban J connectivity index is 1.41. The van der Waals surface area contributed by atoms with E-state index in [-0.39, 0.29) is 18.0 Å². The molecule has 2 N–H and O–H groups in total. The molecule has 0 bridgehead atoms. The lowest BCUT2D eigenvalue weighted by atomic mass is 9.97. The second-order valence-electron chi connectivity index (χ2n) is 10.0. The first kappa shape index (κ1) is 24.6. The van der Waals surface area contributed by atoms with Crippen molar-refractivity contribution in [2.45, 2.75) is 53.7 Å². The Hall–Kier alpha value is -3.53. The topological polar surface area (TPSA) is 116 Å². The lowest BCUT2D eigenvalue weighted by Crippen LogP contribution is -2.53. The van der Waals surface area contributed by atoms with Gasteiger partial charge in [0, 0.05) is 50.2 Å². The molecule has 0 unspecified atom stereocenters. The smallest absolute Gasteiger partial charge is 0.311 e. The highest BCUT2D eigenvalue weighted by Gasteiger charge is 2.34. The standard InChI is InChI=1S/C25H34N8O2/c1-7-22(29-24(26)28-19-8-9-21-17(10-19)11-27-31(21)6)33-13-18(16(2)30-33)12-32-14-20(15-32)35-23(34)25(3,4)5/h8-11,13,20H,7,12,14-15H2,1-6H3,(H2,26,28). The third-order valence-electron chi connectivity index (χ3n) is 6.00. The van der Waals surface area contributed by atoms with Gasteiger partial charge in [-0.1, -0.05) is 6.92 Å². The zero-order chi connectivity index (χ0) is 25.3. The number of fused-ring (bicyclic) bond motifs is 1. The highest BCUT2D eigenvalue weighted by Crippen LogP contribution is 2.23. The first-order valence-electron chi connectivity index (χ1n) is 11.9. The molecule has 1 fully saturated rings. The van der Waals surface area contributed by atoms with E-state index in [1.807, 2.05) is 70.7 Å². The normalized spacial score (nSPS) is 16.1. The molecular formula is C25H34N8O2. The summed E-state index contributed by atoms with van der Waals surface area (Å²) in [7, 11) is 1.90. The molecule has 10 nitrogen and oxygen atoms in total. The van der Waals surface area contributed by atoms with Gasteiger partial charge >= 0.3 is 5.97 Å². The monoisotopic (exact) mass is 478 g/mol. The number of aryl methyl sites for hydroxylation is 2. The van der Waals surface area contributed by atoms with Crippen molar-refractivity contribution in [1.82, 2.24) is 24.5 Å². The van der Waals surface area contributed by atoms with Crippen molar-refractivity contribution in [2.75, 3.05) is 13.1 Å². The van der Waals surface area contributed by atoms with E-state index < -0.39 is 5.41 Å². The van der Waals surface area contributed by atoms with Gasteiger partial charge in [-0.25, -0.2) is 9.67 Å². The lowest BCUT2D eigenvalue weighted by Gasteiger charge is -2.39. The fourth-order valence-electron chi connectivity index (χ4n) is 3.88. The van der Waals surface area contributed by atoms with Crippen molar-refractivity contribution in [2.24, 2.45) is 28.2 Å². The van der Waals surface area contributed by atoms with Gasteiger partial charge in [0.1, 0.15) is 11.9 Å². The summed E-state index contributed by atoms with van der Waals surface area (Å²) in [6.45, 7) is 11.8. The van der Waals surface area contributed by atoms with Gasteiger partial charge in [-0.2, -0.15) is 15.2 Å². The largest absolute Gasteiger partial charge is 0.459 e. The van der Waals surface area contributed by atoms with Crippen LogP contribution in [0, 0.1) is 12.3 Å². The zero-order valence-corrected chi connectivity index (χ0v) is 21.3. The highest BCUT2D eigenvalue weighted by molar-refractivity contribution is 5.97. The molecule has 3 heterocycles. The molecule has 0 atom stereocenters. The fourth-order valence-corrected chi connectivity index (χ4v) is 3.88. The number of benzene rings is 1. The average molecular weight is 479 g/mol. The summed E-state index contributed by atoms with van der Waals surface area (Å²) in [6.07, 6.45) is 4.38. The molecule has 0 spiro atoms. The molecule has 1 aliphatic rings. The van der Waals surface area contributed by atoms with Crippen LogP contribution < -0.4 is 5.73 Å². The minimum Gasteiger partial charge on any atom is -0.459 e. The van der Waals surface area contributed by atoms with Crippen LogP contribution in [0.4, 0.5) is 5.69 Å². The van der Waals surface area contributed by atoms with E-state index in [4.69, 9.17) is 10.5 Å². The number of esters is 1. The van der Waals surface area contributed by atoms with Crippen molar-refractivity contribution in [3.8, 4) is 0 Å². The van der Waals surface area contributed by atoms with Crippen LogP contribution in [0.15, 0.2) is 40.6 Å². The maximum atomic E-state index is 12.1. The molecule has 3 aromatic rings. The van der Waals surface area contributed by atoms with Gasteiger partial charge in [0.05, 0.1) is 28.5 Å². The first-order valence-corrected chi connectivity index (χ1v) is 11.9. The highest BCUT2D eigenvalue weighted by atomic mass is 16.5. The molecular weight excluding hydrogens is 444 g/mol. The Kier molecular flexibility index (Phi) is 6.75. The molecule has 4 rings (SSSR count). The molecule has 10 heteroatoms. The Morgan fingerprint density at radius 2 is 2.03 bits per heavy atom. The second-order valence-corrected chi connectivity index (χ2v) is 10.0. The molecule has 0 radical (unpaired) electrons. The number of hydrogen-bond acceptors (Lipinski definition) is 6. The van der Waals surface area contributed by atoms with Crippen LogP contribution in [-0.4, -0.2) is 61.4 Å². The summed E-state index contributed by atoms with van der Waals surface area (Å²) in [5.74, 6) is 0.726. The number of rotatable bonds is 5. The predicted octanol–water partition coefficient (Wildman–Crippen LogP) is 3.15. The van der Waals surface area contributed by atoms with Crippen molar-refractivity contribution in [3.05, 3.63) is 41.9 Å². The summed E-state index contributed by atoms with van der Waals surface area (Å²) in [6, 6.07) is 5.80. The third kappa shape index (κ3) is 5.59. The fraction of sp³-hybridized carbons (Fsp3) is 0.480. The van der Waals surface area contributed by atoms with Gasteiger partial charge in [-0.15, -0.1) is 0 Å². The first-order chi connectivity index (χ1) is 16.5. The van der Waals surface area contributed by atoms with E-state index in [9.17, 15) is 4.79 Å². The Bertz CT molecular complexity index is 1290. The number of carbonyl (C=O) groups is 1. The van der Waals surface area contributed by atoms with Gasteiger partial charge in [0.15, 0.2) is 0 Å². The van der Waals surface area contributed by atoms with E-state index in [2.05, 4.69) is 25.1 Å². The van der Waals surface area contributed by atoms with Gasteiger partial charge in [0.25, 0.3) is 0 Å². The number of carbonyl (C=O) groups excluding carboxylic acids is 1. The predicted molar refractivity (Wildman–Crippen MR) is 137 cm³/mol. The molecule has 1 saturated heterocycles. The summed E-state index contributed by atoms with van der Waals surface area (Å²) in [5, 5.41) is 9.90. The van der Waals surface area contributed by atoms with Crippen LogP contribution in [0.2, 0.25) is 0 Å². The van der Waals surface area contributed by atoms with E-state index in [0.717, 1.165) is 47.5 Å². The van der Waals surface area contributed by atoms with Crippen molar-refractivity contribution in [3.63, 3.8) is 0 Å². The molecule has 35 heavy (non-hydrogen) atoms. The summed E-state index contributed by atoms with van der Waals surface area (Å²) < 4.78 is 9.16. The van der Waals surface area contributed by atoms with Crippen LogP contribution in [-0.2, 0) is 23.1 Å². The molecule has 2 aromatic heterocycles. The molecule has 0 saturated carbocycles. The molecule has 0 amide bonds. The molecule has 1 aliphatic heterocycles. The Morgan fingerprint density at radius 1 is 1.29 bits per heavy atom. The van der Waals surface area contributed by atoms with Gasteiger partial charge < -0.3 is 10.5 Å². The minimum atomic E-state index is -0.481. The average Bonchev–Trinajstić information content (AvgIpc) is 3.31. The number of ether oxygens (including phenoxy) is 1. The van der Waals surface area contributed by atoms with E-state index in [0.29, 0.717) is 12.3 Å². The summed E-state index contributed by atoms with van der Waals surface area (Å²) >= 11 is 0. The maximum Gasteiger partial charge on any atom is 0.311 e. The van der Waals surface area contributed by atoms with Crippen molar-refractivity contribution >= 4 is 34.4 Å². The van der Waals surface area contributed by atoms with E-state index in [1.165, 1.54) is 0 Å². The zero-order valence-electron chi connectivity index (χ0n) is 21.3. The van der Waals surface area contributed by atoms with Crippen LogP contribution in [0.3, 0.4) is 0 Å². The number of guanidine groups is 1. The maximum absolute atomic E-state index is 12.1. The number of hydrogen-bond donors (Lipinski definition) is 1. The lowest BCUT2D eigenvalue weighted by molar-refractivity contribution is -0.167. The summed E-state index contributed by atoms with van der Waals surface area (Å²) in [4.78, 5) is 23.3. The van der Waals surface area contributed by atoms with Gasteiger partial charge in [-0.3, -0.25) is 14.4 Å². The molecule has 0 aliphatic carbocycles. The summed E-state index contributed by atoms with van der Waals surface area (Å²) in [5.41, 5.74) is 9.46. The number of likely N-dealkylation sites (tertiary alicyclic amines) is 1. The number of nitrogens with zero attached hydrogens (tertiary/aromatic N) is 7. The Labute approximate surface area is 205 Å². The number of nitrogens with two attached hydrogens (primary N) is 1. The molecule has 186 valence electrons. The number of aliphatic imine (C=N–C) groups is 2. The van der Waals surface area contributed by atoms with Gasteiger partial charge in [-0.05, 0) is 45.9 Å². The van der Waals surface area contributed by atoms with Crippen molar-refractivity contribution < 1.29 is 9.53 Å². The van der Waals surface area contributed by atoms with Gasteiger partial charge in [0.2, 0.25) is 5.96 Å². The van der Waals surface area contributed by atoms with E-state index in [1.54, 1.807) is 10.9 Å². The molecule has 1 aromatic carbocycles. The van der Waals surface area contributed by atoms with Crippen LogP contribution in [0.1, 0.15) is 45.4 Å². The third-order valence-corrected chi connectivity index (χ3v) is 6.00. The van der Waals surface area contributed by atoms with E-state index >= 15 is 0 Å². The van der Waals surface area contributed by atoms with Crippen LogP contribution >= 0.6 is 0 Å². The Morgan fingerprint density at radius 3 is 2.71 bits per heavy atom. The minimum absolute atomic E-state index is 0.0493. The van der Waals surface area contributed by atoms with Crippen molar-refractivity contribution in [1.29, 1.82) is 0 Å². The SMILES string of the molecule is CCC(=NC(N)=Nc1ccc2c(cnn2C)c1)n1cc(CN2CC(OC(=O)C(C)(C)C)C2)c(C)n1. The second kappa shape index (κ2) is 9.61. The number of aromatic nitrogens is 4. The van der Waals surface area contributed by atoms with Crippen LogP contribution in [0.25, 0.3) is 10.9 Å². The van der Waals surface area contributed by atoms with Crippen LogP contribution in [0.5, 0.6) is 0 Å². The quantitative estimate of drug-likeness (QED) is 0.342.